The van der Waals surface area contributed by atoms with Gasteiger partial charge in [-0.3, -0.25) is 0 Å². The van der Waals surface area contributed by atoms with Gasteiger partial charge in [0, 0.05) is 0 Å². The van der Waals surface area contributed by atoms with Crippen molar-refractivity contribution in [3.8, 4) is 5.75 Å². The molecule has 0 aliphatic heterocycles. The first-order valence-electron chi connectivity index (χ1n) is 9.47. The minimum absolute atomic E-state index is 0.180. The molecule has 0 N–H and O–H groups in total. The zero-order chi connectivity index (χ0) is 18.4. The monoisotopic (exact) mass is 356 g/mol. The molecule has 26 heavy (non-hydrogen) atoms. The molecule has 1 saturated carbocycles. The number of benzene rings is 2. The second-order valence-electron chi connectivity index (χ2n) is 7.07. The summed E-state index contributed by atoms with van der Waals surface area (Å²) < 4.78 is 28.7. The molecule has 3 heteroatoms. The van der Waals surface area contributed by atoms with E-state index in [2.05, 4.69) is 35.9 Å². The number of halogens is 2. The topological polar surface area (TPSA) is 9.23 Å². The third-order valence-electron chi connectivity index (χ3n) is 5.41. The average molecular weight is 356 g/mol. The van der Waals surface area contributed by atoms with Gasteiger partial charge in [0.25, 0.3) is 0 Å². The molecule has 0 saturated heterocycles. The first-order valence-corrected chi connectivity index (χ1v) is 9.47. The van der Waals surface area contributed by atoms with Crippen LogP contribution in [0, 0.1) is 5.92 Å². The first-order chi connectivity index (χ1) is 12.6. The maximum absolute atomic E-state index is 12.2. The van der Waals surface area contributed by atoms with Crippen LogP contribution in [0.25, 0.3) is 12.2 Å². The van der Waals surface area contributed by atoms with Gasteiger partial charge in [-0.1, -0.05) is 61.9 Å². The Kier molecular flexibility index (Phi) is 6.43. The van der Waals surface area contributed by atoms with Crippen molar-refractivity contribution >= 4 is 12.2 Å². The fourth-order valence-corrected chi connectivity index (χ4v) is 3.74. The quantitative estimate of drug-likeness (QED) is 0.500. The van der Waals surface area contributed by atoms with Crippen molar-refractivity contribution in [1.82, 2.24) is 0 Å². The highest BCUT2D eigenvalue weighted by Crippen LogP contribution is 2.36. The molecule has 2 aromatic carbocycles. The summed E-state index contributed by atoms with van der Waals surface area (Å²) in [5.41, 5.74) is 3.54. The molecule has 2 aromatic rings. The molecule has 0 atom stereocenters. The van der Waals surface area contributed by atoms with E-state index in [0.717, 1.165) is 17.0 Å². The molecule has 0 spiro atoms. The lowest BCUT2D eigenvalue weighted by Crippen LogP contribution is -2.12. The van der Waals surface area contributed by atoms with Crippen molar-refractivity contribution in [3.63, 3.8) is 0 Å². The normalized spacial score (nSPS) is 20.6. The van der Waals surface area contributed by atoms with Gasteiger partial charge in [-0.25, -0.2) is 0 Å². The summed E-state index contributed by atoms with van der Waals surface area (Å²) in [5.74, 6) is 1.81. The van der Waals surface area contributed by atoms with Crippen LogP contribution in [0.1, 0.15) is 61.6 Å². The van der Waals surface area contributed by atoms with Gasteiger partial charge in [0.05, 0.1) is 0 Å². The SMILES string of the molecule is CCC1CCC(c2ccc(C=Cc3ccc(OC(F)F)cc3)cc2)CC1. The van der Waals surface area contributed by atoms with Crippen molar-refractivity contribution in [2.24, 2.45) is 5.92 Å². The largest absolute Gasteiger partial charge is 0.435 e. The molecule has 0 heterocycles. The van der Waals surface area contributed by atoms with Gasteiger partial charge >= 0.3 is 6.61 Å². The van der Waals surface area contributed by atoms with Crippen LogP contribution in [0.3, 0.4) is 0 Å². The number of rotatable bonds is 6. The van der Waals surface area contributed by atoms with Crippen LogP contribution in [-0.2, 0) is 0 Å². The molecule has 0 bridgehead atoms. The van der Waals surface area contributed by atoms with Crippen LogP contribution < -0.4 is 4.74 Å². The molecule has 0 radical (unpaired) electrons. The Morgan fingerprint density at radius 2 is 1.42 bits per heavy atom. The van der Waals surface area contributed by atoms with Gasteiger partial charge in [0.2, 0.25) is 0 Å². The van der Waals surface area contributed by atoms with Crippen LogP contribution in [0.15, 0.2) is 48.5 Å². The molecule has 0 aromatic heterocycles. The molecule has 1 aliphatic rings. The van der Waals surface area contributed by atoms with Crippen LogP contribution in [0.2, 0.25) is 0 Å². The van der Waals surface area contributed by atoms with Crippen LogP contribution >= 0.6 is 0 Å². The van der Waals surface area contributed by atoms with Gasteiger partial charge in [-0.05, 0) is 66.3 Å². The van der Waals surface area contributed by atoms with E-state index in [1.54, 1.807) is 24.3 Å². The Morgan fingerprint density at radius 3 is 1.92 bits per heavy atom. The van der Waals surface area contributed by atoms with E-state index in [4.69, 9.17) is 0 Å². The Morgan fingerprint density at radius 1 is 0.885 bits per heavy atom. The van der Waals surface area contributed by atoms with Gasteiger partial charge in [0.15, 0.2) is 0 Å². The van der Waals surface area contributed by atoms with Crippen molar-refractivity contribution < 1.29 is 13.5 Å². The predicted molar refractivity (Wildman–Crippen MR) is 103 cm³/mol. The maximum atomic E-state index is 12.2. The number of ether oxygens (including phenoxy) is 1. The molecule has 0 unspecified atom stereocenters. The molecule has 0 amide bonds. The Labute approximate surface area is 154 Å². The molecule has 138 valence electrons. The molecule has 3 rings (SSSR count). The lowest BCUT2D eigenvalue weighted by Gasteiger charge is -2.28. The van der Waals surface area contributed by atoms with Crippen molar-refractivity contribution in [1.29, 1.82) is 0 Å². The second-order valence-corrected chi connectivity index (χ2v) is 7.07. The zero-order valence-corrected chi connectivity index (χ0v) is 15.2. The van der Waals surface area contributed by atoms with E-state index in [1.807, 2.05) is 12.2 Å². The smallest absolute Gasteiger partial charge is 0.387 e. The highest BCUT2D eigenvalue weighted by atomic mass is 19.3. The third kappa shape index (κ3) is 5.17. The molecule has 1 nitrogen and oxygen atoms in total. The Bertz CT molecular complexity index is 696. The highest BCUT2D eigenvalue weighted by Gasteiger charge is 2.20. The van der Waals surface area contributed by atoms with Crippen molar-refractivity contribution in [2.75, 3.05) is 0 Å². The summed E-state index contributed by atoms with van der Waals surface area (Å²) in [7, 11) is 0. The van der Waals surface area contributed by atoms with E-state index in [-0.39, 0.29) is 5.75 Å². The minimum Gasteiger partial charge on any atom is -0.435 e. The summed E-state index contributed by atoms with van der Waals surface area (Å²) in [4.78, 5) is 0. The van der Waals surface area contributed by atoms with Crippen LogP contribution in [0.4, 0.5) is 8.78 Å². The summed E-state index contributed by atoms with van der Waals surface area (Å²) in [5, 5.41) is 0. The maximum Gasteiger partial charge on any atom is 0.387 e. The lowest BCUT2D eigenvalue weighted by molar-refractivity contribution is -0.0498. The highest BCUT2D eigenvalue weighted by molar-refractivity contribution is 5.69. The molecule has 1 fully saturated rings. The van der Waals surface area contributed by atoms with E-state index < -0.39 is 6.61 Å². The molecular weight excluding hydrogens is 330 g/mol. The molecule has 1 aliphatic carbocycles. The fraction of sp³-hybridized carbons (Fsp3) is 0.391. The molecular formula is C23H26F2O. The van der Waals surface area contributed by atoms with Crippen LogP contribution in [-0.4, -0.2) is 6.61 Å². The number of alkyl halides is 2. The summed E-state index contributed by atoms with van der Waals surface area (Å²) in [6.45, 7) is -0.488. The lowest BCUT2D eigenvalue weighted by atomic mass is 9.78. The van der Waals surface area contributed by atoms with E-state index in [9.17, 15) is 8.78 Å². The van der Waals surface area contributed by atoms with E-state index in [0.29, 0.717) is 5.92 Å². The summed E-state index contributed by atoms with van der Waals surface area (Å²) in [6, 6.07) is 15.5. The summed E-state index contributed by atoms with van der Waals surface area (Å²) in [6.07, 6.45) is 10.7. The van der Waals surface area contributed by atoms with Crippen LogP contribution in [0.5, 0.6) is 5.75 Å². The van der Waals surface area contributed by atoms with Crippen molar-refractivity contribution in [3.05, 3.63) is 65.2 Å². The Balaban J connectivity index is 1.58. The van der Waals surface area contributed by atoms with E-state index >= 15 is 0 Å². The minimum atomic E-state index is -2.79. The first kappa shape index (κ1) is 18.6. The Hall–Kier alpha value is -2.16. The van der Waals surface area contributed by atoms with Crippen molar-refractivity contribution in [2.45, 2.75) is 51.6 Å². The predicted octanol–water partition coefficient (Wildman–Crippen LogP) is 7.14. The summed E-state index contributed by atoms with van der Waals surface area (Å²) >= 11 is 0. The zero-order valence-electron chi connectivity index (χ0n) is 15.2. The van der Waals surface area contributed by atoms with Gasteiger partial charge in [-0.15, -0.1) is 0 Å². The standard InChI is InChI=1S/C23H26F2O/c1-2-17-5-11-20(12-6-17)21-13-7-18(8-14-21)3-4-19-9-15-22(16-10-19)26-23(24)25/h3-4,7-10,13-17,20,23H,2,5-6,11-12H2,1H3. The van der Waals surface area contributed by atoms with Gasteiger partial charge < -0.3 is 4.74 Å². The average Bonchev–Trinajstić information content (AvgIpc) is 2.67. The van der Waals surface area contributed by atoms with Gasteiger partial charge in [0.1, 0.15) is 5.75 Å². The number of hydrogen-bond donors (Lipinski definition) is 0. The number of hydrogen-bond acceptors (Lipinski definition) is 1. The third-order valence-corrected chi connectivity index (χ3v) is 5.41. The second kappa shape index (κ2) is 8.98. The van der Waals surface area contributed by atoms with Gasteiger partial charge in [-0.2, -0.15) is 8.78 Å². The fourth-order valence-electron chi connectivity index (χ4n) is 3.74. The van der Waals surface area contributed by atoms with E-state index in [1.165, 1.54) is 37.7 Å².